The monoisotopic (exact) mass is 497 g/mol. The number of ether oxygens (including phenoxy) is 10. The lowest BCUT2D eigenvalue weighted by Gasteiger charge is -2.09. The second-order valence-electron chi connectivity index (χ2n) is 6.66. The van der Waals surface area contributed by atoms with E-state index in [0.717, 1.165) is 0 Å². The molecule has 0 aromatic carbocycles. The molecule has 11 heteroatoms. The van der Waals surface area contributed by atoms with Crippen LogP contribution < -0.4 is 5.73 Å². The molecule has 0 unspecified atom stereocenters. The molecule has 2 N–H and O–H groups in total. The second-order valence-corrected chi connectivity index (χ2v) is 6.66. The van der Waals surface area contributed by atoms with Gasteiger partial charge in [0.2, 0.25) is 0 Å². The van der Waals surface area contributed by atoms with Gasteiger partial charge in [-0.2, -0.15) is 0 Å². The van der Waals surface area contributed by atoms with Gasteiger partial charge in [-0.1, -0.05) is 6.08 Å². The minimum Gasteiger partial charge on any atom is -0.378 e. The van der Waals surface area contributed by atoms with Gasteiger partial charge < -0.3 is 53.1 Å². The van der Waals surface area contributed by atoms with Crippen LogP contribution in [0.3, 0.4) is 0 Å². The fourth-order valence-corrected chi connectivity index (χ4v) is 2.23. The van der Waals surface area contributed by atoms with Crippen molar-refractivity contribution in [3.8, 4) is 0 Å². The summed E-state index contributed by atoms with van der Waals surface area (Å²) in [5.74, 6) is 0. The molecule has 0 saturated heterocycles. The predicted molar refractivity (Wildman–Crippen MR) is 127 cm³/mol. The van der Waals surface area contributed by atoms with E-state index in [1.807, 2.05) is 0 Å². The maximum atomic E-state index is 5.44. The first-order valence-electron chi connectivity index (χ1n) is 12.0. The van der Waals surface area contributed by atoms with Gasteiger partial charge in [0.1, 0.15) is 0 Å². The summed E-state index contributed by atoms with van der Waals surface area (Å²) in [7, 11) is 0. The summed E-state index contributed by atoms with van der Waals surface area (Å²) in [6.45, 7) is 14.8. The van der Waals surface area contributed by atoms with Crippen molar-refractivity contribution < 1.29 is 47.4 Å². The summed E-state index contributed by atoms with van der Waals surface area (Å²) in [6, 6.07) is 0. The predicted octanol–water partition coefficient (Wildman–Crippen LogP) is 0.297. The molecule has 0 radical (unpaired) electrons. The Morgan fingerprint density at radius 2 is 0.559 bits per heavy atom. The van der Waals surface area contributed by atoms with Gasteiger partial charge in [0.25, 0.3) is 0 Å². The standard InChI is InChI=1S/C23H47NO10/c1-2-4-25-6-8-27-10-12-29-14-16-31-18-20-33-22-23-34-21-19-32-17-15-30-13-11-28-9-7-26-5-3-24/h2H,1,3-24H2. The molecule has 204 valence electrons. The summed E-state index contributed by atoms with van der Waals surface area (Å²) in [6.07, 6.45) is 1.71. The lowest BCUT2D eigenvalue weighted by atomic mass is 10.6. The van der Waals surface area contributed by atoms with Gasteiger partial charge in [-0.05, 0) is 0 Å². The second kappa shape index (κ2) is 32.3. The molecule has 0 aromatic rings. The third kappa shape index (κ3) is 31.3. The minimum absolute atomic E-state index is 0.522. The van der Waals surface area contributed by atoms with E-state index in [1.165, 1.54) is 0 Å². The molecule has 0 atom stereocenters. The Bertz CT molecular complexity index is 380. The minimum atomic E-state index is 0.522. The number of nitrogens with two attached hydrogens (primary N) is 1. The first-order valence-corrected chi connectivity index (χ1v) is 12.0. The van der Waals surface area contributed by atoms with Crippen molar-refractivity contribution >= 4 is 0 Å². The van der Waals surface area contributed by atoms with E-state index >= 15 is 0 Å². The third-order valence-electron chi connectivity index (χ3n) is 3.85. The highest BCUT2D eigenvalue weighted by atomic mass is 16.6. The van der Waals surface area contributed by atoms with Gasteiger partial charge in [-0.25, -0.2) is 0 Å². The van der Waals surface area contributed by atoms with Crippen molar-refractivity contribution in [3.63, 3.8) is 0 Å². The Balaban J connectivity index is 3.00. The zero-order valence-electron chi connectivity index (χ0n) is 20.8. The van der Waals surface area contributed by atoms with Crippen LogP contribution in [0.1, 0.15) is 0 Å². The van der Waals surface area contributed by atoms with Crippen molar-refractivity contribution in [3.05, 3.63) is 12.7 Å². The van der Waals surface area contributed by atoms with Crippen LogP contribution in [0.15, 0.2) is 12.7 Å². The average Bonchev–Trinajstić information content (AvgIpc) is 2.85. The summed E-state index contributed by atoms with van der Waals surface area (Å²) in [4.78, 5) is 0. The van der Waals surface area contributed by atoms with E-state index in [9.17, 15) is 0 Å². The molecule has 0 aromatic heterocycles. The molecule has 0 heterocycles. The van der Waals surface area contributed by atoms with E-state index < -0.39 is 0 Å². The Kier molecular flexibility index (Phi) is 31.6. The zero-order chi connectivity index (χ0) is 24.6. The van der Waals surface area contributed by atoms with Crippen molar-refractivity contribution in [2.75, 3.05) is 139 Å². The maximum absolute atomic E-state index is 5.44. The van der Waals surface area contributed by atoms with Crippen LogP contribution in [0.5, 0.6) is 0 Å². The zero-order valence-corrected chi connectivity index (χ0v) is 20.8. The van der Waals surface area contributed by atoms with Crippen molar-refractivity contribution in [1.82, 2.24) is 0 Å². The molecule has 34 heavy (non-hydrogen) atoms. The lowest BCUT2D eigenvalue weighted by molar-refractivity contribution is -0.0260. The highest BCUT2D eigenvalue weighted by Gasteiger charge is 1.95. The Labute approximate surface area is 205 Å². The van der Waals surface area contributed by atoms with Crippen molar-refractivity contribution in [2.45, 2.75) is 0 Å². The molecule has 0 bridgehead atoms. The van der Waals surface area contributed by atoms with Crippen LogP contribution >= 0.6 is 0 Å². The van der Waals surface area contributed by atoms with Crippen molar-refractivity contribution in [2.24, 2.45) is 5.73 Å². The molecule has 0 fully saturated rings. The van der Waals surface area contributed by atoms with Gasteiger partial charge in [0.05, 0.1) is 132 Å². The summed E-state index contributed by atoms with van der Waals surface area (Å²) < 4.78 is 53.6. The molecule has 0 amide bonds. The van der Waals surface area contributed by atoms with Gasteiger partial charge in [-0.3, -0.25) is 0 Å². The molecular weight excluding hydrogens is 450 g/mol. The molecule has 0 aliphatic heterocycles. The average molecular weight is 498 g/mol. The first kappa shape index (κ1) is 33.3. The molecule has 0 rings (SSSR count). The van der Waals surface area contributed by atoms with Gasteiger partial charge in [-0.15, -0.1) is 6.58 Å². The Morgan fingerprint density at radius 1 is 0.353 bits per heavy atom. The largest absolute Gasteiger partial charge is 0.378 e. The topological polar surface area (TPSA) is 118 Å². The smallest absolute Gasteiger partial charge is 0.0704 e. The van der Waals surface area contributed by atoms with Crippen LogP contribution in [0.25, 0.3) is 0 Å². The van der Waals surface area contributed by atoms with Crippen LogP contribution in [0, 0.1) is 0 Å². The summed E-state index contributed by atoms with van der Waals surface area (Å²) in [5.41, 5.74) is 5.32. The van der Waals surface area contributed by atoms with E-state index in [1.54, 1.807) is 6.08 Å². The fraction of sp³-hybridized carbons (Fsp3) is 0.913. The van der Waals surface area contributed by atoms with Crippen molar-refractivity contribution in [1.29, 1.82) is 0 Å². The maximum Gasteiger partial charge on any atom is 0.0704 e. The first-order chi connectivity index (χ1) is 16.9. The van der Waals surface area contributed by atoms with E-state index in [0.29, 0.717) is 139 Å². The molecular formula is C23H47NO10. The summed E-state index contributed by atoms with van der Waals surface area (Å²) in [5, 5.41) is 0. The van der Waals surface area contributed by atoms with Gasteiger partial charge >= 0.3 is 0 Å². The Morgan fingerprint density at radius 3 is 0.765 bits per heavy atom. The molecule has 0 aliphatic carbocycles. The number of hydrogen-bond acceptors (Lipinski definition) is 11. The summed E-state index contributed by atoms with van der Waals surface area (Å²) >= 11 is 0. The molecule has 11 nitrogen and oxygen atoms in total. The highest BCUT2D eigenvalue weighted by molar-refractivity contribution is 4.63. The lowest BCUT2D eigenvalue weighted by Crippen LogP contribution is -2.15. The van der Waals surface area contributed by atoms with E-state index in [2.05, 4.69) is 6.58 Å². The SMILES string of the molecule is C=CCOCCOCCOCCOCCOCCOCCOCCOCCOCCOCCN. The normalized spacial score (nSPS) is 11.3. The van der Waals surface area contributed by atoms with Gasteiger partial charge in [0, 0.05) is 6.54 Å². The third-order valence-corrected chi connectivity index (χ3v) is 3.85. The highest BCUT2D eigenvalue weighted by Crippen LogP contribution is 1.86. The van der Waals surface area contributed by atoms with Crippen LogP contribution in [0.4, 0.5) is 0 Å². The number of hydrogen-bond donors (Lipinski definition) is 1. The van der Waals surface area contributed by atoms with E-state index in [4.69, 9.17) is 53.1 Å². The van der Waals surface area contributed by atoms with Gasteiger partial charge in [0.15, 0.2) is 0 Å². The quantitative estimate of drug-likeness (QED) is 0.105. The van der Waals surface area contributed by atoms with Crippen LogP contribution in [-0.2, 0) is 47.4 Å². The molecule has 0 spiro atoms. The Hall–Kier alpha value is -0.700. The molecule has 0 saturated carbocycles. The van der Waals surface area contributed by atoms with Crippen LogP contribution in [0.2, 0.25) is 0 Å². The van der Waals surface area contributed by atoms with Crippen LogP contribution in [-0.4, -0.2) is 139 Å². The molecule has 0 aliphatic rings. The fourth-order valence-electron chi connectivity index (χ4n) is 2.23. The van der Waals surface area contributed by atoms with E-state index in [-0.39, 0.29) is 0 Å². The number of rotatable bonds is 31.